The summed E-state index contributed by atoms with van der Waals surface area (Å²) in [5, 5.41) is 0. The van der Waals surface area contributed by atoms with E-state index in [1.165, 1.54) is 0 Å². The second kappa shape index (κ2) is 4.65. The van der Waals surface area contributed by atoms with Crippen LogP contribution in [0.15, 0.2) is 0 Å². The number of hydrogen-bond donors (Lipinski definition) is 0. The highest BCUT2D eigenvalue weighted by Crippen LogP contribution is 2.66. The van der Waals surface area contributed by atoms with E-state index >= 15 is 0 Å². The van der Waals surface area contributed by atoms with Gasteiger partial charge < -0.3 is 0 Å². The fourth-order valence-electron chi connectivity index (χ4n) is 0.772. The largest absolute Gasteiger partial charge is 0.410 e. The summed E-state index contributed by atoms with van der Waals surface area (Å²) in [4.78, 5) is 0. The van der Waals surface area contributed by atoms with Crippen molar-refractivity contribution in [2.75, 3.05) is 0 Å². The minimum Gasteiger partial charge on any atom is -0.253 e. The van der Waals surface area contributed by atoms with Crippen molar-refractivity contribution >= 4 is 23.5 Å². The third-order valence-corrected chi connectivity index (χ3v) is 6.16. The monoisotopic (exact) mass is 266 g/mol. The van der Waals surface area contributed by atoms with Crippen LogP contribution in [0.2, 0.25) is 0 Å². The molecule has 0 aliphatic heterocycles. The maximum Gasteiger partial charge on any atom is 0.410 e. The van der Waals surface area contributed by atoms with Gasteiger partial charge in [0, 0.05) is 0 Å². The van der Waals surface area contributed by atoms with Crippen LogP contribution < -0.4 is 0 Å². The lowest BCUT2D eigenvalue weighted by atomic mass is 10.3. The van der Waals surface area contributed by atoms with Crippen LogP contribution in [0, 0.1) is 0 Å². The van der Waals surface area contributed by atoms with Gasteiger partial charge in [-0.25, -0.2) is 0 Å². The fourth-order valence-corrected chi connectivity index (χ4v) is 2.14. The Morgan fingerprint density at radius 3 is 1.75 bits per heavy atom. The van der Waals surface area contributed by atoms with Gasteiger partial charge in [-0.3, -0.25) is 4.57 Å². The zero-order chi connectivity index (χ0) is 9.83. The van der Waals surface area contributed by atoms with E-state index in [2.05, 4.69) is 25.4 Å². The summed E-state index contributed by atoms with van der Waals surface area (Å²) in [7, 11) is -4.32. The van der Waals surface area contributed by atoms with Gasteiger partial charge in [-0.2, -0.15) is 0 Å². The van der Waals surface area contributed by atoms with E-state index in [4.69, 9.17) is 0 Å². The molecule has 0 heterocycles. The third-order valence-electron chi connectivity index (χ3n) is 1.76. The molecule has 0 saturated carbocycles. The molecule has 0 spiro atoms. The molecule has 0 N–H and O–H groups in total. The molecule has 0 aromatic heterocycles. The van der Waals surface area contributed by atoms with Crippen molar-refractivity contribution in [1.82, 2.24) is 0 Å². The van der Waals surface area contributed by atoms with E-state index in [0.29, 0.717) is 0 Å². The molecule has 0 unspecified atom stereocenters. The first kappa shape index (κ1) is 12.5. The molecule has 0 radical (unpaired) electrons. The number of alkyl halides is 1. The van der Waals surface area contributed by atoms with Gasteiger partial charge in [0.15, 0.2) is 0 Å². The van der Waals surface area contributed by atoms with Gasteiger partial charge in [0.25, 0.3) is 0 Å². The number of rotatable bonds is 5. The molecule has 12 heavy (non-hydrogen) atoms. The topological polar surface area (TPSA) is 35.5 Å². The molecule has 0 rings (SSSR count). The predicted molar refractivity (Wildman–Crippen MR) is 44.2 cm³/mol. The van der Waals surface area contributed by atoms with Crippen molar-refractivity contribution in [2.45, 2.75) is 30.8 Å². The standard InChI is InChI=1S/C5H10BrF2O3P/c1-3-5(6,4-2)12(9,10-7)11-8/h3-4H2,1-2H3. The van der Waals surface area contributed by atoms with Gasteiger partial charge in [0.1, 0.15) is 4.07 Å². The predicted octanol–water partition coefficient (Wildman–Crippen LogP) is 3.89. The van der Waals surface area contributed by atoms with Crippen molar-refractivity contribution in [2.24, 2.45) is 0 Å². The number of halogens is 3. The first-order chi connectivity index (χ1) is 5.49. The fraction of sp³-hybridized carbons (Fsp3) is 1.00. The van der Waals surface area contributed by atoms with E-state index in [1.807, 2.05) is 0 Å². The molecule has 7 heteroatoms. The Labute approximate surface area is 77.9 Å². The Morgan fingerprint density at radius 1 is 1.33 bits per heavy atom. The van der Waals surface area contributed by atoms with Gasteiger partial charge in [-0.1, -0.05) is 29.8 Å². The van der Waals surface area contributed by atoms with Gasteiger partial charge >= 0.3 is 7.60 Å². The summed E-state index contributed by atoms with van der Waals surface area (Å²) in [6.07, 6.45) is 0.462. The summed E-state index contributed by atoms with van der Waals surface area (Å²) in [6.45, 7) is 3.23. The molecule has 0 amide bonds. The second-order valence-electron chi connectivity index (χ2n) is 2.26. The van der Waals surface area contributed by atoms with Crippen molar-refractivity contribution in [3.05, 3.63) is 0 Å². The summed E-state index contributed by atoms with van der Waals surface area (Å²) in [5.74, 6) is 0. The summed E-state index contributed by atoms with van der Waals surface area (Å²) in [6, 6.07) is 0. The van der Waals surface area contributed by atoms with E-state index in [9.17, 15) is 13.6 Å². The van der Waals surface area contributed by atoms with Crippen molar-refractivity contribution in [3.8, 4) is 0 Å². The zero-order valence-corrected chi connectivity index (χ0v) is 9.20. The van der Waals surface area contributed by atoms with Crippen LogP contribution in [-0.2, 0) is 14.0 Å². The van der Waals surface area contributed by atoms with Gasteiger partial charge in [0.05, 0.1) is 0 Å². The molecular weight excluding hydrogens is 257 g/mol. The maximum atomic E-state index is 11.8. The Kier molecular flexibility index (Phi) is 4.84. The highest BCUT2D eigenvalue weighted by molar-refractivity contribution is 9.11. The molecule has 0 aromatic rings. The highest BCUT2D eigenvalue weighted by Gasteiger charge is 2.49. The molecule has 0 saturated heterocycles. The summed E-state index contributed by atoms with van der Waals surface area (Å²) >= 11 is 2.93. The minimum atomic E-state index is -4.32. The zero-order valence-electron chi connectivity index (χ0n) is 6.72. The Bertz CT molecular complexity index is 178. The molecule has 0 aliphatic carbocycles. The Morgan fingerprint density at radius 2 is 1.67 bits per heavy atom. The summed E-state index contributed by atoms with van der Waals surface area (Å²) < 4.78 is 39.5. The molecule has 0 bridgehead atoms. The average Bonchev–Trinajstić information content (AvgIpc) is 2.15. The molecule has 0 fully saturated rings. The SMILES string of the molecule is CCC(Br)(CC)P(=O)(OF)OF. The van der Waals surface area contributed by atoms with Crippen LogP contribution >= 0.6 is 23.5 Å². The van der Waals surface area contributed by atoms with Crippen LogP contribution in [-0.4, -0.2) is 4.07 Å². The average molecular weight is 267 g/mol. The third kappa shape index (κ3) is 2.05. The Hall–Kier alpha value is 0.490. The van der Waals surface area contributed by atoms with Crippen LogP contribution in [0.3, 0.4) is 0 Å². The van der Waals surface area contributed by atoms with Gasteiger partial charge in [-0.15, -0.1) is 9.46 Å². The van der Waals surface area contributed by atoms with Crippen molar-refractivity contribution < 1.29 is 23.1 Å². The van der Waals surface area contributed by atoms with Crippen LogP contribution in [0.25, 0.3) is 0 Å². The quantitative estimate of drug-likeness (QED) is 0.559. The van der Waals surface area contributed by atoms with Crippen molar-refractivity contribution in [3.63, 3.8) is 0 Å². The highest BCUT2D eigenvalue weighted by atomic mass is 79.9. The van der Waals surface area contributed by atoms with Crippen LogP contribution in [0.5, 0.6) is 0 Å². The van der Waals surface area contributed by atoms with E-state index < -0.39 is 11.7 Å². The lowest BCUT2D eigenvalue weighted by molar-refractivity contribution is -0.0917. The molecule has 0 atom stereocenters. The molecule has 74 valence electrons. The van der Waals surface area contributed by atoms with E-state index in [0.717, 1.165) is 0 Å². The smallest absolute Gasteiger partial charge is 0.253 e. The van der Waals surface area contributed by atoms with E-state index in [-0.39, 0.29) is 12.8 Å². The number of hydrogen-bond acceptors (Lipinski definition) is 3. The van der Waals surface area contributed by atoms with Gasteiger partial charge in [0.2, 0.25) is 0 Å². The molecular formula is C5H10BrF2O3P. The normalized spacial score (nSPS) is 13.4. The van der Waals surface area contributed by atoms with Crippen LogP contribution in [0.1, 0.15) is 26.7 Å². The van der Waals surface area contributed by atoms with Gasteiger partial charge in [-0.05, 0) is 21.9 Å². The summed E-state index contributed by atoms with van der Waals surface area (Å²) in [5.41, 5.74) is 0. The molecule has 0 aliphatic rings. The first-order valence-corrected chi connectivity index (χ1v) is 5.73. The minimum absolute atomic E-state index is 0.231. The first-order valence-electron chi connectivity index (χ1n) is 3.39. The van der Waals surface area contributed by atoms with E-state index in [1.54, 1.807) is 13.8 Å². The lowest BCUT2D eigenvalue weighted by Gasteiger charge is -2.26. The lowest BCUT2D eigenvalue weighted by Crippen LogP contribution is -2.19. The maximum absolute atomic E-state index is 11.8. The molecule has 0 aromatic carbocycles. The molecule has 3 nitrogen and oxygen atoms in total. The van der Waals surface area contributed by atoms with Crippen LogP contribution in [0.4, 0.5) is 9.05 Å². The van der Waals surface area contributed by atoms with Crippen molar-refractivity contribution in [1.29, 1.82) is 0 Å². The Balaban J connectivity index is 4.80. The second-order valence-corrected chi connectivity index (χ2v) is 6.52.